The number of carbonyl (C=O) groups excluding carboxylic acids is 1. The highest BCUT2D eigenvalue weighted by Crippen LogP contribution is 2.18. The predicted molar refractivity (Wildman–Crippen MR) is 102 cm³/mol. The van der Waals surface area contributed by atoms with Gasteiger partial charge in [-0.05, 0) is 35.9 Å². The van der Waals surface area contributed by atoms with Crippen molar-refractivity contribution in [2.75, 3.05) is 33.6 Å². The van der Waals surface area contributed by atoms with Crippen LogP contribution in [0.5, 0.6) is 11.5 Å². The molecule has 0 N–H and O–H groups in total. The average molecular weight is 393 g/mol. The third-order valence-corrected chi connectivity index (χ3v) is 4.21. The Balaban J connectivity index is 2.17. The lowest BCUT2D eigenvalue weighted by Crippen LogP contribution is -2.33. The smallest absolute Gasteiger partial charge is 0.306 e. The minimum Gasteiger partial charge on any atom is -0.497 e. The van der Waals surface area contributed by atoms with Crippen LogP contribution in [-0.2, 0) is 21.4 Å². The van der Waals surface area contributed by atoms with Crippen molar-refractivity contribution in [2.45, 2.75) is 6.54 Å². The highest BCUT2D eigenvalue weighted by atomic mass is 32.2. The Morgan fingerprint density at radius 2 is 1.74 bits per heavy atom. The Hall–Kier alpha value is -2.58. The van der Waals surface area contributed by atoms with Gasteiger partial charge in [0.15, 0.2) is 0 Å². The molecule has 0 radical (unpaired) electrons. The van der Waals surface area contributed by atoms with Gasteiger partial charge in [0, 0.05) is 25.8 Å². The van der Waals surface area contributed by atoms with Crippen LogP contribution in [0.25, 0.3) is 0 Å². The Labute approximate surface area is 159 Å². The number of carbonyl (C=O) groups is 1. The summed E-state index contributed by atoms with van der Waals surface area (Å²) in [7, 11) is -0.451. The van der Waals surface area contributed by atoms with Crippen LogP contribution in [0.3, 0.4) is 0 Å². The standard InChI is InChI=1S/C19H23NO6S/c1-24-12-11-20(19(21)16-5-4-6-18(13-16)25-2)14-15-7-9-17(10-8-15)26-27(3,22)23/h4-10,13H,11-12,14H2,1-3H3. The number of hydrogen-bond donors (Lipinski definition) is 0. The van der Waals surface area contributed by atoms with Crippen LogP contribution < -0.4 is 8.92 Å². The van der Waals surface area contributed by atoms with E-state index in [0.29, 0.717) is 31.0 Å². The fourth-order valence-corrected chi connectivity index (χ4v) is 2.90. The Morgan fingerprint density at radius 3 is 2.33 bits per heavy atom. The zero-order valence-corrected chi connectivity index (χ0v) is 16.4. The minimum atomic E-state index is -3.57. The molecule has 7 nitrogen and oxygen atoms in total. The lowest BCUT2D eigenvalue weighted by molar-refractivity contribution is 0.0680. The summed E-state index contributed by atoms with van der Waals surface area (Å²) in [6, 6.07) is 13.5. The molecule has 2 rings (SSSR count). The summed E-state index contributed by atoms with van der Waals surface area (Å²) in [6.07, 6.45) is 0.986. The first-order valence-corrected chi connectivity index (χ1v) is 10.0. The van der Waals surface area contributed by atoms with E-state index in [9.17, 15) is 13.2 Å². The molecule has 0 saturated carbocycles. The van der Waals surface area contributed by atoms with Gasteiger partial charge in [0.2, 0.25) is 0 Å². The first-order valence-electron chi connectivity index (χ1n) is 8.23. The number of methoxy groups -OCH3 is 2. The van der Waals surface area contributed by atoms with Gasteiger partial charge in [0.25, 0.3) is 5.91 Å². The number of nitrogens with zero attached hydrogens (tertiary/aromatic N) is 1. The lowest BCUT2D eigenvalue weighted by Gasteiger charge is -2.23. The van der Waals surface area contributed by atoms with Gasteiger partial charge in [-0.3, -0.25) is 4.79 Å². The van der Waals surface area contributed by atoms with E-state index in [0.717, 1.165) is 11.8 Å². The van der Waals surface area contributed by atoms with E-state index in [-0.39, 0.29) is 11.7 Å². The van der Waals surface area contributed by atoms with Gasteiger partial charge in [0.1, 0.15) is 11.5 Å². The number of rotatable bonds is 9. The second-order valence-electron chi connectivity index (χ2n) is 5.88. The van der Waals surface area contributed by atoms with Crippen LogP contribution in [0.15, 0.2) is 48.5 Å². The lowest BCUT2D eigenvalue weighted by atomic mass is 10.1. The maximum Gasteiger partial charge on any atom is 0.306 e. The highest BCUT2D eigenvalue weighted by molar-refractivity contribution is 7.86. The first kappa shape index (κ1) is 20.7. The van der Waals surface area contributed by atoms with Crippen molar-refractivity contribution < 1.29 is 26.9 Å². The van der Waals surface area contributed by atoms with Crippen LogP contribution in [0.1, 0.15) is 15.9 Å². The molecule has 2 aromatic carbocycles. The quantitative estimate of drug-likeness (QED) is 0.608. The molecule has 0 heterocycles. The molecule has 27 heavy (non-hydrogen) atoms. The number of hydrogen-bond acceptors (Lipinski definition) is 6. The molecule has 0 aliphatic carbocycles. The summed E-state index contributed by atoms with van der Waals surface area (Å²) >= 11 is 0. The second kappa shape index (κ2) is 9.38. The molecule has 8 heteroatoms. The summed E-state index contributed by atoms with van der Waals surface area (Å²) in [6.45, 7) is 1.15. The number of ether oxygens (including phenoxy) is 2. The summed E-state index contributed by atoms with van der Waals surface area (Å²) in [5, 5.41) is 0. The molecule has 0 spiro atoms. The molecule has 0 bridgehead atoms. The Bertz CT molecular complexity index is 864. The highest BCUT2D eigenvalue weighted by Gasteiger charge is 2.17. The molecule has 2 aromatic rings. The Kier molecular flexibility index (Phi) is 7.20. The predicted octanol–water partition coefficient (Wildman–Crippen LogP) is 2.32. The molecule has 0 fully saturated rings. The van der Waals surface area contributed by atoms with Gasteiger partial charge in [-0.2, -0.15) is 8.42 Å². The number of benzene rings is 2. The fourth-order valence-electron chi connectivity index (χ4n) is 2.44. The van der Waals surface area contributed by atoms with Crippen molar-refractivity contribution >= 4 is 16.0 Å². The van der Waals surface area contributed by atoms with Gasteiger partial charge in [-0.15, -0.1) is 0 Å². The SMILES string of the molecule is COCCN(Cc1ccc(OS(C)(=O)=O)cc1)C(=O)c1cccc(OC)c1. The van der Waals surface area contributed by atoms with Crippen molar-refractivity contribution in [3.8, 4) is 11.5 Å². The van der Waals surface area contributed by atoms with Gasteiger partial charge in [-0.25, -0.2) is 0 Å². The van der Waals surface area contributed by atoms with E-state index < -0.39 is 10.1 Å². The summed E-state index contributed by atoms with van der Waals surface area (Å²) in [5.41, 5.74) is 1.35. The van der Waals surface area contributed by atoms with E-state index in [1.165, 1.54) is 0 Å². The zero-order chi connectivity index (χ0) is 19.9. The second-order valence-corrected chi connectivity index (χ2v) is 7.46. The molecule has 0 atom stereocenters. The largest absolute Gasteiger partial charge is 0.497 e. The van der Waals surface area contributed by atoms with E-state index in [4.69, 9.17) is 13.7 Å². The Morgan fingerprint density at radius 1 is 1.04 bits per heavy atom. The monoisotopic (exact) mass is 393 g/mol. The molecular formula is C19H23NO6S. The van der Waals surface area contributed by atoms with E-state index in [1.54, 1.807) is 67.7 Å². The van der Waals surface area contributed by atoms with Gasteiger partial charge < -0.3 is 18.6 Å². The zero-order valence-electron chi connectivity index (χ0n) is 15.5. The molecule has 0 aromatic heterocycles. The topological polar surface area (TPSA) is 82.1 Å². The van der Waals surface area contributed by atoms with Crippen molar-refractivity contribution in [3.05, 3.63) is 59.7 Å². The van der Waals surface area contributed by atoms with Gasteiger partial charge >= 0.3 is 10.1 Å². The summed E-state index contributed by atoms with van der Waals surface area (Å²) in [4.78, 5) is 14.5. The van der Waals surface area contributed by atoms with Crippen LogP contribution in [0.2, 0.25) is 0 Å². The van der Waals surface area contributed by atoms with Crippen LogP contribution >= 0.6 is 0 Å². The molecule has 0 aliphatic heterocycles. The van der Waals surface area contributed by atoms with Crippen molar-refractivity contribution in [2.24, 2.45) is 0 Å². The normalized spacial score (nSPS) is 11.1. The molecule has 0 unspecified atom stereocenters. The summed E-state index contributed by atoms with van der Waals surface area (Å²) in [5.74, 6) is 0.682. The van der Waals surface area contributed by atoms with Gasteiger partial charge in [-0.1, -0.05) is 18.2 Å². The molecular weight excluding hydrogens is 370 g/mol. The van der Waals surface area contributed by atoms with Crippen LogP contribution in [0.4, 0.5) is 0 Å². The third-order valence-electron chi connectivity index (χ3n) is 3.71. The van der Waals surface area contributed by atoms with Gasteiger partial charge in [0.05, 0.1) is 20.0 Å². The third kappa shape index (κ3) is 6.58. The van der Waals surface area contributed by atoms with Crippen LogP contribution in [-0.4, -0.2) is 52.9 Å². The fraction of sp³-hybridized carbons (Fsp3) is 0.316. The number of amides is 1. The summed E-state index contributed by atoms with van der Waals surface area (Å²) < 4.78 is 37.5. The van der Waals surface area contributed by atoms with Crippen molar-refractivity contribution in [3.63, 3.8) is 0 Å². The van der Waals surface area contributed by atoms with Crippen molar-refractivity contribution in [1.82, 2.24) is 4.90 Å². The van der Waals surface area contributed by atoms with Crippen molar-refractivity contribution in [1.29, 1.82) is 0 Å². The molecule has 0 aliphatic rings. The minimum absolute atomic E-state index is 0.151. The van der Waals surface area contributed by atoms with E-state index in [2.05, 4.69) is 0 Å². The maximum atomic E-state index is 12.9. The van der Waals surface area contributed by atoms with Crippen LogP contribution in [0, 0.1) is 0 Å². The first-order chi connectivity index (χ1) is 12.8. The maximum absolute atomic E-state index is 12.9. The molecule has 0 saturated heterocycles. The average Bonchev–Trinajstić information content (AvgIpc) is 2.64. The molecule has 1 amide bonds. The van der Waals surface area contributed by atoms with E-state index in [1.807, 2.05) is 0 Å². The molecule has 146 valence electrons. The van der Waals surface area contributed by atoms with E-state index >= 15 is 0 Å².